The molecule has 0 unspecified atom stereocenters. The van der Waals surface area contributed by atoms with Crippen LogP contribution in [-0.2, 0) is 0 Å². The van der Waals surface area contributed by atoms with Crippen molar-refractivity contribution in [3.8, 4) is 0 Å². The van der Waals surface area contributed by atoms with Crippen molar-refractivity contribution in [3.63, 3.8) is 0 Å². The van der Waals surface area contributed by atoms with Crippen LogP contribution in [0, 0.1) is 17.8 Å². The lowest BCUT2D eigenvalue weighted by Gasteiger charge is -2.39. The summed E-state index contributed by atoms with van der Waals surface area (Å²) in [5.74, 6) is 2.77. The summed E-state index contributed by atoms with van der Waals surface area (Å²) < 4.78 is 14.2. The van der Waals surface area contributed by atoms with E-state index in [9.17, 15) is 4.39 Å². The molecule has 0 aromatic heterocycles. The third kappa shape index (κ3) is 3.23. The molecule has 0 amide bonds. The zero-order valence-electron chi connectivity index (χ0n) is 11.7. The highest BCUT2D eigenvalue weighted by atomic mass is 19.1. The second-order valence-electron chi connectivity index (χ2n) is 6.53. The van der Waals surface area contributed by atoms with Crippen LogP contribution in [0.25, 0.3) is 0 Å². The van der Waals surface area contributed by atoms with Gasteiger partial charge in [-0.3, -0.25) is 0 Å². The van der Waals surface area contributed by atoms with E-state index in [0.29, 0.717) is 0 Å². The van der Waals surface area contributed by atoms with E-state index in [2.05, 4.69) is 6.92 Å². The topological polar surface area (TPSA) is 0 Å². The molecule has 2 saturated carbocycles. The first-order chi connectivity index (χ1) is 8.17. The van der Waals surface area contributed by atoms with Gasteiger partial charge in [0, 0.05) is 0 Å². The molecule has 100 valence electrons. The molecule has 2 aliphatic rings. The molecule has 0 aromatic rings. The van der Waals surface area contributed by atoms with E-state index in [1.165, 1.54) is 32.1 Å². The Morgan fingerprint density at radius 2 is 1.41 bits per heavy atom. The molecule has 0 nitrogen and oxygen atoms in total. The van der Waals surface area contributed by atoms with Gasteiger partial charge in [-0.15, -0.1) is 0 Å². The Morgan fingerprint density at radius 1 is 0.882 bits per heavy atom. The zero-order valence-corrected chi connectivity index (χ0v) is 11.7. The highest BCUT2D eigenvalue weighted by Gasteiger charge is 2.37. The monoisotopic (exact) mass is 240 g/mol. The summed E-state index contributed by atoms with van der Waals surface area (Å²) in [6.07, 6.45) is 11.8. The molecule has 2 aliphatic carbocycles. The van der Waals surface area contributed by atoms with Gasteiger partial charge in [0.15, 0.2) is 0 Å². The second-order valence-corrected chi connectivity index (χ2v) is 6.53. The van der Waals surface area contributed by atoms with E-state index >= 15 is 0 Å². The summed E-state index contributed by atoms with van der Waals surface area (Å²) in [6, 6.07) is 0. The minimum absolute atomic E-state index is 0.724. The highest BCUT2D eigenvalue weighted by molar-refractivity contribution is 4.88. The fourth-order valence-electron chi connectivity index (χ4n) is 4.05. The molecule has 0 bridgehead atoms. The molecule has 0 saturated heterocycles. The van der Waals surface area contributed by atoms with Crippen LogP contribution in [0.5, 0.6) is 0 Å². The Kier molecular flexibility index (Phi) is 4.49. The van der Waals surface area contributed by atoms with Crippen LogP contribution in [0.1, 0.15) is 78.1 Å². The maximum absolute atomic E-state index is 14.2. The predicted molar refractivity (Wildman–Crippen MR) is 71.8 cm³/mol. The van der Waals surface area contributed by atoms with Crippen molar-refractivity contribution in [2.45, 2.75) is 83.7 Å². The Hall–Kier alpha value is -0.0700. The van der Waals surface area contributed by atoms with E-state index in [-0.39, 0.29) is 0 Å². The smallest absolute Gasteiger partial charge is 0.110 e. The number of alkyl halides is 1. The number of hydrogen-bond donors (Lipinski definition) is 0. The van der Waals surface area contributed by atoms with Gasteiger partial charge in [0.1, 0.15) is 5.67 Å². The molecule has 1 heteroatoms. The first-order valence-corrected chi connectivity index (χ1v) is 7.85. The van der Waals surface area contributed by atoms with Crippen LogP contribution in [0.4, 0.5) is 4.39 Å². The first kappa shape index (κ1) is 13.4. The minimum atomic E-state index is -0.808. The maximum atomic E-state index is 14.2. The molecule has 2 rings (SSSR count). The van der Waals surface area contributed by atoms with Crippen molar-refractivity contribution >= 4 is 0 Å². The Bertz CT molecular complexity index is 220. The van der Waals surface area contributed by atoms with Crippen molar-refractivity contribution in [3.05, 3.63) is 0 Å². The van der Waals surface area contributed by atoms with Crippen LogP contribution in [0.15, 0.2) is 0 Å². The van der Waals surface area contributed by atoms with Crippen LogP contribution >= 0.6 is 0 Å². The average Bonchev–Trinajstić information content (AvgIpc) is 2.40. The van der Waals surface area contributed by atoms with Crippen LogP contribution < -0.4 is 0 Å². The van der Waals surface area contributed by atoms with Crippen LogP contribution in [-0.4, -0.2) is 5.67 Å². The molecular weight excluding hydrogens is 211 g/mol. The van der Waals surface area contributed by atoms with E-state index in [0.717, 1.165) is 49.9 Å². The van der Waals surface area contributed by atoms with Crippen molar-refractivity contribution in [1.29, 1.82) is 0 Å². The van der Waals surface area contributed by atoms with Gasteiger partial charge < -0.3 is 0 Å². The highest BCUT2D eigenvalue weighted by Crippen LogP contribution is 2.44. The quantitative estimate of drug-likeness (QED) is 0.610. The van der Waals surface area contributed by atoms with Gasteiger partial charge in [-0.25, -0.2) is 4.39 Å². The van der Waals surface area contributed by atoms with E-state index in [1.807, 2.05) is 6.92 Å². The fraction of sp³-hybridized carbons (Fsp3) is 1.00. The van der Waals surface area contributed by atoms with Gasteiger partial charge >= 0.3 is 0 Å². The molecule has 2 fully saturated rings. The molecule has 0 heterocycles. The normalized spacial score (nSPS) is 43.6. The van der Waals surface area contributed by atoms with Gasteiger partial charge in [-0.05, 0) is 62.7 Å². The molecule has 0 spiro atoms. The summed E-state index contributed by atoms with van der Waals surface area (Å²) >= 11 is 0. The standard InChI is InChI=1S/C16H29F/c1-3-13-5-7-14(8-6-13)15-9-11-16(17,4-2)12-10-15/h13-15H,3-12H2,1-2H3/t13-,14-,15?,16?. The van der Waals surface area contributed by atoms with Crippen LogP contribution in [0.2, 0.25) is 0 Å². The summed E-state index contributed by atoms with van der Waals surface area (Å²) in [6.45, 7) is 4.33. The molecule has 17 heavy (non-hydrogen) atoms. The third-order valence-electron chi connectivity index (χ3n) is 5.70. The van der Waals surface area contributed by atoms with Gasteiger partial charge in [0.2, 0.25) is 0 Å². The number of halogens is 1. The fourth-order valence-corrected chi connectivity index (χ4v) is 4.05. The first-order valence-electron chi connectivity index (χ1n) is 7.85. The average molecular weight is 240 g/mol. The summed E-state index contributed by atoms with van der Waals surface area (Å²) in [4.78, 5) is 0. The minimum Gasteiger partial charge on any atom is -0.244 e. The van der Waals surface area contributed by atoms with Gasteiger partial charge in [0.25, 0.3) is 0 Å². The van der Waals surface area contributed by atoms with Crippen molar-refractivity contribution in [2.75, 3.05) is 0 Å². The largest absolute Gasteiger partial charge is 0.244 e. The summed E-state index contributed by atoms with van der Waals surface area (Å²) in [5.41, 5.74) is -0.808. The summed E-state index contributed by atoms with van der Waals surface area (Å²) in [5, 5.41) is 0. The number of hydrogen-bond acceptors (Lipinski definition) is 0. The third-order valence-corrected chi connectivity index (χ3v) is 5.70. The van der Waals surface area contributed by atoms with Crippen molar-refractivity contribution in [2.24, 2.45) is 17.8 Å². The lowest BCUT2D eigenvalue weighted by atomic mass is 9.68. The zero-order chi connectivity index (χ0) is 12.3. The second kappa shape index (κ2) is 5.71. The Labute approximate surface area is 106 Å². The van der Waals surface area contributed by atoms with E-state index in [4.69, 9.17) is 0 Å². The molecular formula is C16H29F. The van der Waals surface area contributed by atoms with Crippen LogP contribution in [0.3, 0.4) is 0 Å². The van der Waals surface area contributed by atoms with E-state index in [1.54, 1.807) is 0 Å². The maximum Gasteiger partial charge on any atom is 0.110 e. The van der Waals surface area contributed by atoms with E-state index < -0.39 is 5.67 Å². The Morgan fingerprint density at radius 3 is 1.88 bits per heavy atom. The van der Waals surface area contributed by atoms with Gasteiger partial charge in [-0.1, -0.05) is 33.1 Å². The lowest BCUT2D eigenvalue weighted by molar-refractivity contribution is 0.0517. The lowest BCUT2D eigenvalue weighted by Crippen LogP contribution is -2.32. The molecule has 0 N–H and O–H groups in total. The molecule has 0 aliphatic heterocycles. The molecule has 0 radical (unpaired) electrons. The van der Waals surface area contributed by atoms with Crippen molar-refractivity contribution < 1.29 is 4.39 Å². The Balaban J connectivity index is 1.78. The van der Waals surface area contributed by atoms with Crippen molar-refractivity contribution in [1.82, 2.24) is 0 Å². The number of rotatable bonds is 3. The predicted octanol–water partition coefficient (Wildman–Crippen LogP) is 5.51. The summed E-state index contributed by atoms with van der Waals surface area (Å²) in [7, 11) is 0. The molecule has 0 aromatic carbocycles. The van der Waals surface area contributed by atoms with Gasteiger partial charge in [0.05, 0.1) is 0 Å². The van der Waals surface area contributed by atoms with Gasteiger partial charge in [-0.2, -0.15) is 0 Å². The SMILES string of the molecule is CCC1(F)CCC([C@H]2CC[C@H](CC)CC2)CC1. The molecule has 0 atom stereocenters.